The summed E-state index contributed by atoms with van der Waals surface area (Å²) in [6, 6.07) is 14.5. The number of hydrogen-bond donors (Lipinski definition) is 1. The van der Waals surface area contributed by atoms with Gasteiger partial charge in [0.1, 0.15) is 5.75 Å². The van der Waals surface area contributed by atoms with Gasteiger partial charge in [0.05, 0.1) is 0 Å². The zero-order chi connectivity index (χ0) is 23.3. The summed E-state index contributed by atoms with van der Waals surface area (Å²) in [5.41, 5.74) is 2.45. The SMILES string of the molecule is CC(=O)Oc1cccc(C(=O)NCC2CCN(C(=O)c3ccc(C(C)(C)C)cc3)CC2)c1. The first-order valence-electron chi connectivity index (χ1n) is 11.1. The molecular formula is C26H32N2O4. The second kappa shape index (κ2) is 9.98. The lowest BCUT2D eigenvalue weighted by atomic mass is 9.86. The maximum Gasteiger partial charge on any atom is 0.308 e. The lowest BCUT2D eigenvalue weighted by molar-refractivity contribution is -0.131. The molecule has 0 aliphatic carbocycles. The summed E-state index contributed by atoms with van der Waals surface area (Å²) in [4.78, 5) is 38.3. The van der Waals surface area contributed by atoms with Crippen LogP contribution in [0, 0.1) is 5.92 Å². The fourth-order valence-corrected chi connectivity index (χ4v) is 3.84. The average molecular weight is 437 g/mol. The van der Waals surface area contributed by atoms with E-state index in [1.807, 2.05) is 29.2 Å². The molecule has 0 bridgehead atoms. The van der Waals surface area contributed by atoms with E-state index in [1.165, 1.54) is 12.5 Å². The summed E-state index contributed by atoms with van der Waals surface area (Å²) in [5.74, 6) is 0.121. The lowest BCUT2D eigenvalue weighted by Gasteiger charge is -2.32. The van der Waals surface area contributed by atoms with Gasteiger partial charge in [0.2, 0.25) is 0 Å². The first kappa shape index (κ1) is 23.5. The third-order valence-electron chi connectivity index (χ3n) is 5.81. The van der Waals surface area contributed by atoms with Crippen molar-refractivity contribution in [3.63, 3.8) is 0 Å². The molecule has 2 aromatic carbocycles. The van der Waals surface area contributed by atoms with Crippen molar-refractivity contribution in [2.24, 2.45) is 5.92 Å². The van der Waals surface area contributed by atoms with Gasteiger partial charge in [0, 0.05) is 37.7 Å². The molecule has 6 nitrogen and oxygen atoms in total. The Hall–Kier alpha value is -3.15. The zero-order valence-corrected chi connectivity index (χ0v) is 19.3. The highest BCUT2D eigenvalue weighted by Gasteiger charge is 2.24. The van der Waals surface area contributed by atoms with Gasteiger partial charge in [0.15, 0.2) is 0 Å². The molecule has 0 unspecified atom stereocenters. The van der Waals surface area contributed by atoms with E-state index in [0.29, 0.717) is 36.9 Å². The molecule has 0 atom stereocenters. The van der Waals surface area contributed by atoms with Crippen LogP contribution in [0.25, 0.3) is 0 Å². The van der Waals surface area contributed by atoms with E-state index in [2.05, 4.69) is 26.1 Å². The first-order chi connectivity index (χ1) is 15.1. The van der Waals surface area contributed by atoms with Crippen LogP contribution >= 0.6 is 0 Å². The van der Waals surface area contributed by atoms with Crippen LogP contribution in [0.5, 0.6) is 5.75 Å². The Balaban J connectivity index is 1.48. The largest absolute Gasteiger partial charge is 0.427 e. The molecule has 2 amide bonds. The second-order valence-corrected chi connectivity index (χ2v) is 9.39. The predicted molar refractivity (Wildman–Crippen MR) is 124 cm³/mol. The molecule has 0 saturated carbocycles. The molecule has 2 aromatic rings. The van der Waals surface area contributed by atoms with Crippen LogP contribution in [0.2, 0.25) is 0 Å². The van der Waals surface area contributed by atoms with E-state index in [4.69, 9.17) is 4.74 Å². The van der Waals surface area contributed by atoms with E-state index in [-0.39, 0.29) is 17.2 Å². The van der Waals surface area contributed by atoms with Crippen molar-refractivity contribution in [3.05, 3.63) is 65.2 Å². The van der Waals surface area contributed by atoms with Gasteiger partial charge in [-0.15, -0.1) is 0 Å². The number of rotatable bonds is 5. The number of hydrogen-bond acceptors (Lipinski definition) is 4. The number of piperidine rings is 1. The van der Waals surface area contributed by atoms with Gasteiger partial charge in [0.25, 0.3) is 11.8 Å². The Morgan fingerprint density at radius 3 is 2.25 bits per heavy atom. The van der Waals surface area contributed by atoms with Crippen molar-refractivity contribution in [1.82, 2.24) is 10.2 Å². The summed E-state index contributed by atoms with van der Waals surface area (Å²) in [7, 11) is 0. The van der Waals surface area contributed by atoms with Crippen molar-refractivity contribution < 1.29 is 19.1 Å². The fraction of sp³-hybridized carbons (Fsp3) is 0.423. The van der Waals surface area contributed by atoms with Gasteiger partial charge in [-0.05, 0) is 60.1 Å². The zero-order valence-electron chi connectivity index (χ0n) is 19.3. The minimum Gasteiger partial charge on any atom is -0.427 e. The molecule has 1 aliphatic heterocycles. The number of carbonyl (C=O) groups is 3. The monoisotopic (exact) mass is 436 g/mol. The minimum absolute atomic E-state index is 0.0616. The molecule has 3 rings (SSSR count). The Kier molecular flexibility index (Phi) is 7.33. The minimum atomic E-state index is -0.422. The molecule has 170 valence electrons. The Morgan fingerprint density at radius 2 is 1.66 bits per heavy atom. The van der Waals surface area contributed by atoms with Gasteiger partial charge >= 0.3 is 5.97 Å². The molecule has 1 saturated heterocycles. The van der Waals surface area contributed by atoms with Gasteiger partial charge < -0.3 is 15.0 Å². The Labute approximate surface area is 189 Å². The molecule has 0 spiro atoms. The molecule has 6 heteroatoms. The molecule has 0 radical (unpaired) electrons. The standard InChI is InChI=1S/C26H32N2O4/c1-18(29)32-23-7-5-6-21(16-23)24(30)27-17-19-12-14-28(15-13-19)25(31)20-8-10-22(11-9-20)26(2,3)4/h5-11,16,19H,12-15,17H2,1-4H3,(H,27,30). The number of nitrogens with zero attached hydrogens (tertiary/aromatic N) is 1. The third-order valence-corrected chi connectivity index (χ3v) is 5.81. The molecule has 1 N–H and O–H groups in total. The normalized spacial score (nSPS) is 14.7. The third kappa shape index (κ3) is 6.19. The topological polar surface area (TPSA) is 75.7 Å². The van der Waals surface area contributed by atoms with E-state index in [1.54, 1.807) is 24.3 Å². The Bertz CT molecular complexity index is 968. The van der Waals surface area contributed by atoms with E-state index in [9.17, 15) is 14.4 Å². The highest BCUT2D eigenvalue weighted by molar-refractivity contribution is 5.95. The average Bonchev–Trinajstić information content (AvgIpc) is 2.76. The van der Waals surface area contributed by atoms with Crippen molar-refractivity contribution in [1.29, 1.82) is 0 Å². The quantitative estimate of drug-likeness (QED) is 0.563. The van der Waals surface area contributed by atoms with Crippen LogP contribution in [0.4, 0.5) is 0 Å². The second-order valence-electron chi connectivity index (χ2n) is 9.39. The molecule has 1 heterocycles. The molecule has 1 aliphatic rings. The van der Waals surface area contributed by atoms with Crippen LogP contribution in [-0.2, 0) is 10.2 Å². The maximum absolute atomic E-state index is 12.8. The van der Waals surface area contributed by atoms with E-state index >= 15 is 0 Å². The van der Waals surface area contributed by atoms with Crippen LogP contribution in [0.1, 0.15) is 66.8 Å². The molecule has 32 heavy (non-hydrogen) atoms. The summed E-state index contributed by atoms with van der Waals surface area (Å²) in [6.45, 7) is 9.71. The Morgan fingerprint density at radius 1 is 1.00 bits per heavy atom. The smallest absolute Gasteiger partial charge is 0.308 e. The van der Waals surface area contributed by atoms with Crippen molar-refractivity contribution in [3.8, 4) is 5.75 Å². The van der Waals surface area contributed by atoms with Gasteiger partial charge in [-0.2, -0.15) is 0 Å². The number of ether oxygens (including phenoxy) is 1. The maximum atomic E-state index is 12.8. The summed E-state index contributed by atoms with van der Waals surface area (Å²) >= 11 is 0. The highest BCUT2D eigenvalue weighted by atomic mass is 16.5. The summed E-state index contributed by atoms with van der Waals surface area (Å²) in [6.07, 6.45) is 1.69. The van der Waals surface area contributed by atoms with Crippen LogP contribution in [0.3, 0.4) is 0 Å². The van der Waals surface area contributed by atoms with Crippen LogP contribution < -0.4 is 10.1 Å². The number of esters is 1. The van der Waals surface area contributed by atoms with Crippen molar-refractivity contribution in [2.75, 3.05) is 19.6 Å². The summed E-state index contributed by atoms with van der Waals surface area (Å²) in [5, 5.41) is 2.96. The number of likely N-dealkylation sites (tertiary alicyclic amines) is 1. The number of carbonyl (C=O) groups excluding carboxylic acids is 3. The first-order valence-corrected chi connectivity index (χ1v) is 11.1. The molecular weight excluding hydrogens is 404 g/mol. The van der Waals surface area contributed by atoms with Crippen LogP contribution in [-0.4, -0.2) is 42.3 Å². The van der Waals surface area contributed by atoms with E-state index < -0.39 is 5.97 Å². The molecule has 0 aromatic heterocycles. The fourth-order valence-electron chi connectivity index (χ4n) is 3.84. The van der Waals surface area contributed by atoms with Gasteiger partial charge in [-0.1, -0.05) is 39.0 Å². The highest BCUT2D eigenvalue weighted by Crippen LogP contribution is 2.24. The summed E-state index contributed by atoms with van der Waals surface area (Å²) < 4.78 is 5.04. The van der Waals surface area contributed by atoms with Gasteiger partial charge in [-0.3, -0.25) is 14.4 Å². The number of nitrogens with one attached hydrogen (secondary N) is 1. The lowest BCUT2D eigenvalue weighted by Crippen LogP contribution is -2.41. The van der Waals surface area contributed by atoms with Crippen molar-refractivity contribution >= 4 is 17.8 Å². The molecule has 1 fully saturated rings. The van der Waals surface area contributed by atoms with E-state index in [0.717, 1.165) is 18.4 Å². The number of amides is 2. The predicted octanol–water partition coefficient (Wildman–Crippen LogP) is 4.19. The van der Waals surface area contributed by atoms with Gasteiger partial charge in [-0.25, -0.2) is 0 Å². The van der Waals surface area contributed by atoms with Crippen LogP contribution in [0.15, 0.2) is 48.5 Å². The van der Waals surface area contributed by atoms with Crippen molar-refractivity contribution in [2.45, 2.75) is 46.0 Å². The number of benzene rings is 2.